The van der Waals surface area contributed by atoms with Gasteiger partial charge in [0.05, 0.1) is 74.1 Å². The van der Waals surface area contributed by atoms with E-state index in [-0.39, 0.29) is 41.8 Å². The summed E-state index contributed by atoms with van der Waals surface area (Å²) in [6, 6.07) is 19.3. The molecule has 1 aromatic heterocycles. The van der Waals surface area contributed by atoms with Crippen molar-refractivity contribution in [3.05, 3.63) is 89.6 Å². The lowest BCUT2D eigenvalue weighted by molar-refractivity contribution is -0.136. The van der Waals surface area contributed by atoms with Gasteiger partial charge < -0.3 is 44.5 Å². The van der Waals surface area contributed by atoms with Crippen molar-refractivity contribution >= 4 is 75.4 Å². The van der Waals surface area contributed by atoms with Crippen LogP contribution in [0, 0.1) is 6.92 Å². The highest BCUT2D eigenvalue weighted by Crippen LogP contribution is 2.32. The van der Waals surface area contributed by atoms with Gasteiger partial charge in [-0.05, 0) is 82.6 Å². The summed E-state index contributed by atoms with van der Waals surface area (Å²) < 4.78 is 32.8. The van der Waals surface area contributed by atoms with Crippen LogP contribution in [0.15, 0.2) is 77.8 Å². The quantitative estimate of drug-likeness (QED) is 0.0446. The monoisotopic (exact) mass is 938 g/mol. The van der Waals surface area contributed by atoms with Crippen molar-refractivity contribution in [3.8, 4) is 0 Å². The summed E-state index contributed by atoms with van der Waals surface area (Å²) in [5, 5.41) is 12.0. The van der Waals surface area contributed by atoms with E-state index in [9.17, 15) is 28.5 Å². The number of fused-ring (bicyclic) bond motifs is 1. The molecule has 67 heavy (non-hydrogen) atoms. The van der Waals surface area contributed by atoms with Crippen molar-refractivity contribution in [2.75, 3.05) is 93.2 Å². The molecule has 5 N–H and O–H groups in total. The molecule has 0 radical (unpaired) electrons. The van der Waals surface area contributed by atoms with Gasteiger partial charge in [0, 0.05) is 79.7 Å². The summed E-state index contributed by atoms with van der Waals surface area (Å²) in [7, 11) is 0. The zero-order chi connectivity index (χ0) is 47.5. The van der Waals surface area contributed by atoms with Crippen molar-refractivity contribution in [1.82, 2.24) is 29.8 Å². The van der Waals surface area contributed by atoms with Crippen LogP contribution in [0.25, 0.3) is 0 Å². The summed E-state index contributed by atoms with van der Waals surface area (Å²) in [5.74, 6) is -1.09. The van der Waals surface area contributed by atoms with Gasteiger partial charge in [0.2, 0.25) is 23.7 Å². The van der Waals surface area contributed by atoms with Gasteiger partial charge in [-0.2, -0.15) is 4.98 Å². The maximum Gasteiger partial charge on any atom is 0.264 e. The number of piperazine rings is 1. The molecule has 4 heterocycles. The average Bonchev–Trinajstić information content (AvgIpc) is 3.56. The van der Waals surface area contributed by atoms with Crippen LogP contribution in [0.1, 0.15) is 66.3 Å². The maximum atomic E-state index is 13.2. The van der Waals surface area contributed by atoms with Gasteiger partial charge in [0.1, 0.15) is 11.9 Å². The highest BCUT2D eigenvalue weighted by Gasteiger charge is 2.45. The SMILES string of the molecule is Cc1cnc(Nc2ccc(N3CCN(C(=O)CCOCCOCCOCCNc4cccc5c4C(=O)N(C4CCC(=O)NC4=O)C5=O)CC3)cc2)nc1Nc1cccc([S+]([O-])NC(C)(C)C)c1. The van der Waals surface area contributed by atoms with Crippen molar-refractivity contribution in [3.63, 3.8) is 0 Å². The summed E-state index contributed by atoms with van der Waals surface area (Å²) in [6.45, 7) is 12.8. The maximum absolute atomic E-state index is 13.2. The standard InChI is InChI=1S/C47H58N10O9S/c1-31-30-49-46(53-42(31)50-33-7-5-8-35(29-33)67(63)54-47(2,3)4)51-32-11-13-34(14-12-32)55-19-21-56(22-20-55)40(59)17-23-64-25-27-66-28-26-65-24-18-48-37-10-6-9-36-41(37)45(62)57(44(36)61)38-15-16-39(58)52-43(38)60/h5-14,29-30,38,48,54H,15-28H2,1-4H3,(H,52,58,60)(H2,49,50,51,53). The minimum atomic E-state index is -1.36. The van der Waals surface area contributed by atoms with Crippen molar-refractivity contribution in [2.45, 2.75) is 63.4 Å². The Morgan fingerprint density at radius 3 is 2.27 bits per heavy atom. The average molecular weight is 939 g/mol. The Balaban J connectivity index is 0.734. The molecule has 4 aromatic rings. The van der Waals surface area contributed by atoms with Gasteiger partial charge in [-0.25, -0.2) is 4.98 Å². The number of imide groups is 2. The molecule has 2 atom stereocenters. The molecule has 19 nitrogen and oxygen atoms in total. The lowest BCUT2D eigenvalue weighted by Crippen LogP contribution is -2.54. The van der Waals surface area contributed by atoms with E-state index >= 15 is 0 Å². The fourth-order valence-corrected chi connectivity index (χ4v) is 8.78. The van der Waals surface area contributed by atoms with E-state index in [4.69, 9.17) is 19.2 Å². The van der Waals surface area contributed by atoms with Crippen LogP contribution < -0.4 is 30.9 Å². The molecule has 5 amide bonds. The molecule has 0 saturated carbocycles. The first-order valence-corrected chi connectivity index (χ1v) is 23.5. The number of piperidine rings is 1. The number of nitrogens with zero attached hydrogens (tertiary/aromatic N) is 5. The van der Waals surface area contributed by atoms with E-state index in [1.165, 1.54) is 0 Å². The first kappa shape index (κ1) is 48.8. The number of carbonyl (C=O) groups excluding carboxylic acids is 5. The van der Waals surface area contributed by atoms with Crippen LogP contribution in [-0.2, 0) is 40.0 Å². The zero-order valence-electron chi connectivity index (χ0n) is 38.2. The molecule has 2 saturated heterocycles. The lowest BCUT2D eigenvalue weighted by Gasteiger charge is -2.36. The van der Waals surface area contributed by atoms with Gasteiger partial charge in [0.15, 0.2) is 4.90 Å². The summed E-state index contributed by atoms with van der Waals surface area (Å²) in [6.07, 6.45) is 2.18. The van der Waals surface area contributed by atoms with Crippen LogP contribution in [-0.4, -0.2) is 138 Å². The van der Waals surface area contributed by atoms with E-state index in [2.05, 4.69) is 35.9 Å². The highest BCUT2D eigenvalue weighted by atomic mass is 32.2. The second-order valence-corrected chi connectivity index (χ2v) is 18.4. The smallest absolute Gasteiger partial charge is 0.264 e. The Morgan fingerprint density at radius 2 is 1.55 bits per heavy atom. The predicted octanol–water partition coefficient (Wildman–Crippen LogP) is 4.28. The minimum absolute atomic E-state index is 0.0531. The fraction of sp³-hybridized carbons (Fsp3) is 0.426. The Labute approximate surface area is 393 Å². The Kier molecular flexibility index (Phi) is 16.4. The minimum Gasteiger partial charge on any atom is -0.593 e. The number of carbonyl (C=O) groups is 5. The molecular formula is C47H58N10O9S. The topological polar surface area (TPSA) is 232 Å². The first-order valence-electron chi connectivity index (χ1n) is 22.4. The van der Waals surface area contributed by atoms with Crippen molar-refractivity contribution in [2.24, 2.45) is 0 Å². The second-order valence-electron chi connectivity index (χ2n) is 17.2. The second kappa shape index (κ2) is 22.6. The summed E-state index contributed by atoms with van der Waals surface area (Å²) in [5.41, 5.74) is 4.08. The van der Waals surface area contributed by atoms with Gasteiger partial charge in [-0.3, -0.25) is 34.2 Å². The molecule has 0 aliphatic carbocycles. The predicted molar refractivity (Wildman–Crippen MR) is 253 cm³/mol. The van der Waals surface area contributed by atoms with Crippen molar-refractivity contribution < 1.29 is 42.7 Å². The number of aromatic nitrogens is 2. The van der Waals surface area contributed by atoms with Gasteiger partial charge in [0.25, 0.3) is 11.8 Å². The zero-order valence-corrected chi connectivity index (χ0v) is 39.0. The molecule has 20 heteroatoms. The third-order valence-corrected chi connectivity index (χ3v) is 12.5. The van der Waals surface area contributed by atoms with Crippen LogP contribution in [0.5, 0.6) is 0 Å². The van der Waals surface area contributed by atoms with Gasteiger partial charge in [-0.15, -0.1) is 4.72 Å². The van der Waals surface area contributed by atoms with E-state index in [0.717, 1.165) is 27.5 Å². The molecule has 0 bridgehead atoms. The van der Waals surface area contributed by atoms with Gasteiger partial charge >= 0.3 is 0 Å². The van der Waals surface area contributed by atoms with Crippen molar-refractivity contribution in [1.29, 1.82) is 0 Å². The molecule has 3 aliphatic rings. The summed E-state index contributed by atoms with van der Waals surface area (Å²) >= 11 is -1.36. The van der Waals surface area contributed by atoms with Crippen LogP contribution in [0.2, 0.25) is 0 Å². The third kappa shape index (κ3) is 13.1. The van der Waals surface area contributed by atoms with E-state index < -0.39 is 41.0 Å². The van der Waals surface area contributed by atoms with E-state index in [1.54, 1.807) is 24.4 Å². The molecular weight excluding hydrogens is 881 g/mol. The molecule has 2 unspecified atom stereocenters. The summed E-state index contributed by atoms with van der Waals surface area (Å²) in [4.78, 5) is 78.0. The van der Waals surface area contributed by atoms with Crippen LogP contribution in [0.3, 0.4) is 0 Å². The molecule has 2 fully saturated rings. The van der Waals surface area contributed by atoms with Gasteiger partial charge in [-0.1, -0.05) is 12.1 Å². The molecule has 356 valence electrons. The normalized spacial score (nSPS) is 16.8. The Morgan fingerprint density at radius 1 is 0.851 bits per heavy atom. The number of nitrogens with one attached hydrogen (secondary N) is 5. The Bertz CT molecular complexity index is 2410. The Hall–Kier alpha value is -6.16. The number of hydrogen-bond acceptors (Lipinski definition) is 16. The first-order chi connectivity index (χ1) is 32.2. The number of amides is 5. The highest BCUT2D eigenvalue weighted by molar-refractivity contribution is 7.89. The lowest BCUT2D eigenvalue weighted by atomic mass is 10.0. The molecule has 3 aliphatic heterocycles. The number of anilines is 6. The van der Waals surface area contributed by atoms with Crippen LogP contribution >= 0.6 is 0 Å². The largest absolute Gasteiger partial charge is 0.593 e. The number of rotatable bonds is 21. The molecule has 3 aromatic carbocycles. The van der Waals surface area contributed by atoms with E-state index in [1.807, 2.05) is 81.1 Å². The third-order valence-electron chi connectivity index (χ3n) is 11.0. The number of aryl methyl sites for hydroxylation is 1. The number of ether oxygens (including phenoxy) is 3. The van der Waals surface area contributed by atoms with E-state index in [0.29, 0.717) is 94.7 Å². The number of benzene rings is 3. The molecule has 7 rings (SSSR count). The fourth-order valence-electron chi connectivity index (χ4n) is 7.67. The van der Waals surface area contributed by atoms with Crippen LogP contribution in [0.4, 0.5) is 34.5 Å². The number of hydrogen-bond donors (Lipinski definition) is 5. The molecule has 0 spiro atoms.